The molecular weight excluding hydrogens is 814 g/mol. The number of nitrogens with zero attached hydrogens (tertiary/aromatic N) is 1. The molecule has 0 radical (unpaired) electrons. The molecule has 0 saturated carbocycles. The number of hydrogen-bond donors (Lipinski definition) is 2. The lowest BCUT2D eigenvalue weighted by molar-refractivity contribution is -0.384. The third-order valence-electron chi connectivity index (χ3n) is 10.2. The minimum atomic E-state index is -1.26. The Labute approximate surface area is 358 Å². The molecule has 16 nitrogen and oxygen atoms in total. The van der Waals surface area contributed by atoms with Crippen molar-refractivity contribution in [2.75, 3.05) is 13.7 Å². The van der Waals surface area contributed by atoms with Gasteiger partial charge in [-0.05, 0) is 73.2 Å². The van der Waals surface area contributed by atoms with E-state index in [1.807, 2.05) is 32.9 Å². The van der Waals surface area contributed by atoms with Gasteiger partial charge in [-0.15, -0.1) is 0 Å². The van der Waals surface area contributed by atoms with Gasteiger partial charge in [-0.1, -0.05) is 68.8 Å². The average molecular weight is 864 g/mol. The minimum Gasteiger partial charge on any atom is -0.495 e. The SMILES string of the molecule is COc1ccc(C[C@H]2NC(=O)/C=C/C[C@@H]([C@H](C)[C@@H]3O[C@H]3c3ccc(COC(=O)Oc4ccc([N+](=O)[O-])cc4)cc3)OC(=O)[C@H](CC(C)C)OC(=O)C(C)(C)CNC2=O)cc1Cl. The van der Waals surface area contributed by atoms with Crippen molar-refractivity contribution in [3.05, 3.63) is 111 Å². The quantitative estimate of drug-likeness (QED) is 0.0483. The second-order valence-corrected chi connectivity index (χ2v) is 16.4. The van der Waals surface area contributed by atoms with Gasteiger partial charge in [-0.3, -0.25) is 24.5 Å². The van der Waals surface area contributed by atoms with E-state index in [-0.39, 0.29) is 62.0 Å². The number of hydrogen-bond acceptors (Lipinski definition) is 13. The van der Waals surface area contributed by atoms with Crippen LogP contribution in [0.5, 0.6) is 11.5 Å². The van der Waals surface area contributed by atoms with Crippen LogP contribution >= 0.6 is 11.6 Å². The largest absolute Gasteiger partial charge is 0.514 e. The maximum absolute atomic E-state index is 13.8. The highest BCUT2D eigenvalue weighted by Crippen LogP contribution is 2.45. The summed E-state index contributed by atoms with van der Waals surface area (Å²) in [5, 5.41) is 16.7. The fraction of sp³-hybridized carbons (Fsp3) is 0.432. The first-order chi connectivity index (χ1) is 28.9. The summed E-state index contributed by atoms with van der Waals surface area (Å²) >= 11 is 6.34. The monoisotopic (exact) mass is 863 g/mol. The Morgan fingerprint density at radius 2 is 1.67 bits per heavy atom. The van der Waals surface area contributed by atoms with Crippen LogP contribution in [0.1, 0.15) is 70.3 Å². The van der Waals surface area contributed by atoms with Gasteiger partial charge in [-0.2, -0.15) is 0 Å². The Hall–Kier alpha value is -6.00. The summed E-state index contributed by atoms with van der Waals surface area (Å²) in [6.45, 7) is 8.56. The number of cyclic esters (lactones) is 2. The van der Waals surface area contributed by atoms with Crippen LogP contribution in [0.3, 0.4) is 0 Å². The second-order valence-electron chi connectivity index (χ2n) is 16.0. The van der Waals surface area contributed by atoms with Gasteiger partial charge in [0.25, 0.3) is 5.69 Å². The Morgan fingerprint density at radius 1 is 0.984 bits per heavy atom. The molecule has 0 aromatic heterocycles. The van der Waals surface area contributed by atoms with E-state index < -0.39 is 64.4 Å². The van der Waals surface area contributed by atoms with Crippen LogP contribution in [0.4, 0.5) is 10.5 Å². The van der Waals surface area contributed by atoms with Gasteiger partial charge in [-0.25, -0.2) is 9.59 Å². The molecule has 61 heavy (non-hydrogen) atoms. The molecule has 0 aliphatic carbocycles. The molecule has 2 aliphatic heterocycles. The van der Waals surface area contributed by atoms with Crippen molar-refractivity contribution >= 4 is 47.2 Å². The van der Waals surface area contributed by atoms with Gasteiger partial charge in [0.2, 0.25) is 11.8 Å². The molecule has 3 aromatic carbocycles. The van der Waals surface area contributed by atoms with E-state index in [2.05, 4.69) is 10.6 Å². The molecule has 6 atom stereocenters. The summed E-state index contributed by atoms with van der Waals surface area (Å²) in [5.41, 5.74) is 0.728. The van der Waals surface area contributed by atoms with E-state index in [1.165, 1.54) is 37.5 Å². The van der Waals surface area contributed by atoms with Gasteiger partial charge in [0.15, 0.2) is 6.10 Å². The fourth-order valence-corrected chi connectivity index (χ4v) is 6.81. The van der Waals surface area contributed by atoms with Gasteiger partial charge >= 0.3 is 18.1 Å². The topological polar surface area (TPSA) is 211 Å². The summed E-state index contributed by atoms with van der Waals surface area (Å²) in [6, 6.07) is 16.2. The lowest BCUT2D eigenvalue weighted by Gasteiger charge is -2.29. The average Bonchev–Trinajstić information content (AvgIpc) is 4.02. The van der Waals surface area contributed by atoms with Crippen molar-refractivity contribution in [2.24, 2.45) is 17.3 Å². The number of nitro benzene ring substituents is 1. The molecule has 2 heterocycles. The molecule has 1 saturated heterocycles. The molecule has 5 rings (SSSR count). The number of epoxide rings is 1. The molecule has 0 spiro atoms. The standard InChI is InChI=1S/C44H50ClN3O13/c1-25(2)20-36-41(51)59-34(26(3)38-39(61-38)29-13-10-27(11-14-29)23-57-43(53)58-31-17-15-30(16-18-31)48(54)55)8-7-9-37(49)47-33(22-28-12-19-35(56-6)32(45)21-28)40(50)46-24-44(4,5)42(52)60-36/h7,9-19,21,25-26,33-34,36,38-39H,8,20,22-24H2,1-6H3,(H,46,50)(H,47,49)/b9-7+/t26-,33+,34-,36-,38-,39-/m0/s1. The second kappa shape index (κ2) is 20.5. The van der Waals surface area contributed by atoms with Crippen LogP contribution < -0.4 is 20.1 Å². The van der Waals surface area contributed by atoms with Crippen molar-refractivity contribution in [2.45, 2.75) is 90.9 Å². The van der Waals surface area contributed by atoms with Crippen LogP contribution in [0.25, 0.3) is 0 Å². The lowest BCUT2D eigenvalue weighted by atomic mass is 9.92. The van der Waals surface area contributed by atoms with E-state index in [1.54, 1.807) is 50.3 Å². The number of rotatable bonds is 12. The number of carbonyl (C=O) groups excluding carboxylic acids is 5. The molecular formula is C44H50ClN3O13. The van der Waals surface area contributed by atoms with E-state index in [0.717, 1.165) is 5.56 Å². The summed E-state index contributed by atoms with van der Waals surface area (Å²) in [6.07, 6.45) is -0.574. The van der Waals surface area contributed by atoms with Crippen molar-refractivity contribution in [3.63, 3.8) is 0 Å². The van der Waals surface area contributed by atoms with Crippen LogP contribution in [0.15, 0.2) is 78.9 Å². The Morgan fingerprint density at radius 3 is 2.31 bits per heavy atom. The summed E-state index contributed by atoms with van der Waals surface area (Å²) in [7, 11) is 1.49. The van der Waals surface area contributed by atoms with Gasteiger partial charge in [0.1, 0.15) is 36.4 Å². The number of ether oxygens (including phenoxy) is 6. The highest BCUT2D eigenvalue weighted by Gasteiger charge is 2.48. The Kier molecular flexibility index (Phi) is 15.5. The number of methoxy groups -OCH3 is 1. The molecule has 0 bridgehead atoms. The van der Waals surface area contributed by atoms with Crippen LogP contribution in [0, 0.1) is 27.4 Å². The first kappa shape index (κ1) is 46.1. The van der Waals surface area contributed by atoms with Gasteiger partial charge in [0.05, 0.1) is 28.6 Å². The number of non-ortho nitro benzene ring substituents is 1. The van der Waals surface area contributed by atoms with Crippen molar-refractivity contribution in [1.29, 1.82) is 0 Å². The summed E-state index contributed by atoms with van der Waals surface area (Å²) < 4.78 is 33.5. The smallest absolute Gasteiger partial charge is 0.495 e. The number of halogens is 1. The lowest BCUT2D eigenvalue weighted by Crippen LogP contribution is -2.51. The highest BCUT2D eigenvalue weighted by atomic mass is 35.5. The fourth-order valence-electron chi connectivity index (χ4n) is 6.53. The van der Waals surface area contributed by atoms with Crippen molar-refractivity contribution < 1.29 is 57.3 Å². The van der Waals surface area contributed by atoms with E-state index >= 15 is 0 Å². The molecule has 1 fully saturated rings. The maximum Gasteiger partial charge on any atom is 0.514 e. The van der Waals surface area contributed by atoms with E-state index in [4.69, 9.17) is 40.0 Å². The first-order valence-corrected chi connectivity index (χ1v) is 20.1. The van der Waals surface area contributed by atoms with Crippen molar-refractivity contribution in [3.8, 4) is 11.5 Å². The van der Waals surface area contributed by atoms with E-state index in [9.17, 15) is 34.1 Å². The Balaban J connectivity index is 1.29. The van der Waals surface area contributed by atoms with Gasteiger partial charge in [0, 0.05) is 37.4 Å². The molecule has 0 unspecified atom stereocenters. The highest BCUT2D eigenvalue weighted by molar-refractivity contribution is 6.32. The molecule has 2 N–H and O–H groups in total. The first-order valence-electron chi connectivity index (χ1n) is 19.8. The van der Waals surface area contributed by atoms with Crippen LogP contribution in [0.2, 0.25) is 5.02 Å². The minimum absolute atomic E-state index is 0.0457. The van der Waals surface area contributed by atoms with Crippen LogP contribution in [-0.2, 0) is 51.2 Å². The number of nitrogens with one attached hydrogen (secondary N) is 2. The molecule has 3 aromatic rings. The molecule has 326 valence electrons. The number of nitro groups is 1. The maximum atomic E-state index is 13.8. The Bertz CT molecular complexity index is 2110. The molecule has 17 heteroatoms. The number of amides is 2. The summed E-state index contributed by atoms with van der Waals surface area (Å²) in [5.74, 6) is -2.46. The van der Waals surface area contributed by atoms with Crippen LogP contribution in [-0.4, -0.2) is 72.8 Å². The molecule has 2 aliphatic rings. The zero-order valence-electron chi connectivity index (χ0n) is 34.7. The van der Waals surface area contributed by atoms with E-state index in [0.29, 0.717) is 21.9 Å². The summed E-state index contributed by atoms with van der Waals surface area (Å²) in [4.78, 5) is 76.7. The van der Waals surface area contributed by atoms with Gasteiger partial charge < -0.3 is 39.1 Å². The van der Waals surface area contributed by atoms with Crippen molar-refractivity contribution in [1.82, 2.24) is 10.6 Å². The number of esters is 2. The third kappa shape index (κ3) is 13.0. The number of benzene rings is 3. The molecule has 2 amide bonds. The predicted molar refractivity (Wildman–Crippen MR) is 221 cm³/mol. The third-order valence-corrected chi connectivity index (χ3v) is 10.5. The number of carbonyl (C=O) groups is 5. The normalized spacial score (nSPS) is 23.0. The zero-order valence-corrected chi connectivity index (χ0v) is 35.5. The zero-order chi connectivity index (χ0) is 44.4. The predicted octanol–water partition coefficient (Wildman–Crippen LogP) is 6.75.